The van der Waals surface area contributed by atoms with Crippen molar-refractivity contribution in [1.82, 2.24) is 4.98 Å². The average molecular weight is 254 g/mol. The van der Waals surface area contributed by atoms with E-state index in [0.717, 1.165) is 17.0 Å². The minimum atomic E-state index is -0.452. The summed E-state index contributed by atoms with van der Waals surface area (Å²) in [7, 11) is 0. The number of rotatable bonds is 2. The van der Waals surface area contributed by atoms with Crippen molar-refractivity contribution in [2.45, 2.75) is 19.6 Å². The van der Waals surface area contributed by atoms with Crippen LogP contribution in [0.2, 0.25) is 0 Å². The van der Waals surface area contributed by atoms with Crippen molar-refractivity contribution in [1.29, 1.82) is 0 Å². The molecule has 3 rings (SSSR count). The third kappa shape index (κ3) is 2.17. The highest BCUT2D eigenvalue weighted by Crippen LogP contribution is 2.34. The molecule has 1 amide bonds. The summed E-state index contributed by atoms with van der Waals surface area (Å²) in [6.45, 7) is 2.28. The second-order valence-corrected chi connectivity index (χ2v) is 4.51. The lowest BCUT2D eigenvalue weighted by molar-refractivity contribution is -0.125. The Morgan fingerprint density at radius 3 is 2.89 bits per heavy atom. The van der Waals surface area contributed by atoms with Gasteiger partial charge in [0.25, 0.3) is 5.91 Å². The van der Waals surface area contributed by atoms with Crippen molar-refractivity contribution < 1.29 is 9.53 Å². The molecule has 0 fully saturated rings. The van der Waals surface area contributed by atoms with Crippen LogP contribution in [0, 0.1) is 0 Å². The van der Waals surface area contributed by atoms with Crippen molar-refractivity contribution in [3.05, 3.63) is 54.4 Å². The summed E-state index contributed by atoms with van der Waals surface area (Å²) in [6, 6.07) is 11.4. The second-order valence-electron chi connectivity index (χ2n) is 4.51. The number of carbonyl (C=O) groups excluding carboxylic acids is 1. The maximum Gasteiger partial charge on any atom is 0.268 e. The van der Waals surface area contributed by atoms with E-state index in [0.29, 0.717) is 6.54 Å². The molecule has 0 bridgehead atoms. The number of pyridine rings is 1. The van der Waals surface area contributed by atoms with Crippen molar-refractivity contribution in [2.24, 2.45) is 0 Å². The summed E-state index contributed by atoms with van der Waals surface area (Å²) >= 11 is 0. The number of nitrogens with zero attached hydrogens (tertiary/aromatic N) is 2. The van der Waals surface area contributed by atoms with Gasteiger partial charge in [0.1, 0.15) is 5.75 Å². The number of para-hydroxylation sites is 2. The Kier molecular flexibility index (Phi) is 2.91. The minimum Gasteiger partial charge on any atom is -0.479 e. The van der Waals surface area contributed by atoms with Crippen LogP contribution in [0.3, 0.4) is 0 Å². The molecule has 1 aliphatic heterocycles. The normalized spacial score (nSPS) is 17.8. The standard InChI is InChI=1S/C15H14N2O2/c1-11-15(18)17(10-12-5-4-8-16-9-12)13-6-2-3-7-14(13)19-11/h2-9,11H,10H2,1H3/t11-/m0/s1. The fourth-order valence-corrected chi connectivity index (χ4v) is 2.20. The summed E-state index contributed by atoms with van der Waals surface area (Å²) in [5, 5.41) is 0. The number of benzene rings is 1. The molecule has 0 saturated heterocycles. The average Bonchev–Trinajstić information content (AvgIpc) is 2.45. The predicted octanol–water partition coefficient (Wildman–Crippen LogP) is 2.40. The monoisotopic (exact) mass is 254 g/mol. The molecule has 1 atom stereocenters. The molecule has 4 nitrogen and oxygen atoms in total. The van der Waals surface area contributed by atoms with E-state index in [4.69, 9.17) is 4.74 Å². The lowest BCUT2D eigenvalue weighted by atomic mass is 10.1. The first-order valence-electron chi connectivity index (χ1n) is 6.21. The maximum absolute atomic E-state index is 12.3. The maximum atomic E-state index is 12.3. The number of anilines is 1. The molecule has 2 aromatic rings. The fourth-order valence-electron chi connectivity index (χ4n) is 2.20. The zero-order chi connectivity index (χ0) is 13.2. The largest absolute Gasteiger partial charge is 0.479 e. The van der Waals surface area contributed by atoms with Crippen molar-refractivity contribution in [3.63, 3.8) is 0 Å². The Morgan fingerprint density at radius 2 is 2.11 bits per heavy atom. The highest BCUT2D eigenvalue weighted by Gasteiger charge is 2.31. The molecule has 0 unspecified atom stereocenters. The van der Waals surface area contributed by atoms with Gasteiger partial charge in [-0.1, -0.05) is 18.2 Å². The SMILES string of the molecule is C[C@@H]1Oc2ccccc2N(Cc2cccnc2)C1=O. The van der Waals surface area contributed by atoms with Crippen LogP contribution >= 0.6 is 0 Å². The van der Waals surface area contributed by atoms with Gasteiger partial charge in [0.05, 0.1) is 12.2 Å². The Balaban J connectivity index is 1.97. The lowest BCUT2D eigenvalue weighted by Gasteiger charge is -2.32. The van der Waals surface area contributed by atoms with Gasteiger partial charge < -0.3 is 9.64 Å². The van der Waals surface area contributed by atoms with E-state index < -0.39 is 6.10 Å². The van der Waals surface area contributed by atoms with Crippen LogP contribution in [0.25, 0.3) is 0 Å². The molecule has 1 aromatic heterocycles. The first-order chi connectivity index (χ1) is 9.25. The predicted molar refractivity (Wildman–Crippen MR) is 72.0 cm³/mol. The van der Waals surface area contributed by atoms with Gasteiger partial charge in [0, 0.05) is 12.4 Å². The highest BCUT2D eigenvalue weighted by molar-refractivity contribution is 5.99. The Morgan fingerprint density at radius 1 is 1.26 bits per heavy atom. The molecule has 0 spiro atoms. The third-order valence-corrected chi connectivity index (χ3v) is 3.14. The first-order valence-corrected chi connectivity index (χ1v) is 6.21. The third-order valence-electron chi connectivity index (χ3n) is 3.14. The van der Waals surface area contributed by atoms with Crippen LogP contribution < -0.4 is 9.64 Å². The van der Waals surface area contributed by atoms with Crippen molar-refractivity contribution in [2.75, 3.05) is 4.90 Å². The van der Waals surface area contributed by atoms with E-state index in [1.54, 1.807) is 24.2 Å². The van der Waals surface area contributed by atoms with Gasteiger partial charge in [-0.3, -0.25) is 9.78 Å². The molecule has 0 N–H and O–H groups in total. The molecule has 0 radical (unpaired) electrons. The molecule has 2 heterocycles. The fraction of sp³-hybridized carbons (Fsp3) is 0.200. The van der Waals surface area contributed by atoms with Crippen LogP contribution in [-0.4, -0.2) is 17.0 Å². The topological polar surface area (TPSA) is 42.4 Å². The number of amides is 1. The molecule has 4 heteroatoms. The van der Waals surface area contributed by atoms with Gasteiger partial charge in [-0.25, -0.2) is 0 Å². The van der Waals surface area contributed by atoms with E-state index >= 15 is 0 Å². The number of carbonyl (C=O) groups is 1. The van der Waals surface area contributed by atoms with Crippen molar-refractivity contribution >= 4 is 11.6 Å². The molecule has 96 valence electrons. The van der Waals surface area contributed by atoms with Crippen LogP contribution in [0.4, 0.5) is 5.69 Å². The summed E-state index contributed by atoms with van der Waals surface area (Å²) in [6.07, 6.45) is 3.05. The van der Waals surface area contributed by atoms with E-state index in [1.165, 1.54) is 0 Å². The summed E-state index contributed by atoms with van der Waals surface area (Å²) in [5.41, 5.74) is 1.81. The van der Waals surface area contributed by atoms with Gasteiger partial charge in [0.15, 0.2) is 6.10 Å². The summed E-state index contributed by atoms with van der Waals surface area (Å²) < 4.78 is 5.61. The van der Waals surface area contributed by atoms with Gasteiger partial charge in [-0.05, 0) is 30.7 Å². The smallest absolute Gasteiger partial charge is 0.268 e. The van der Waals surface area contributed by atoms with Crippen LogP contribution in [0.5, 0.6) is 5.75 Å². The zero-order valence-electron chi connectivity index (χ0n) is 10.6. The van der Waals surface area contributed by atoms with Gasteiger partial charge >= 0.3 is 0 Å². The molecular formula is C15H14N2O2. The number of hydrogen-bond acceptors (Lipinski definition) is 3. The summed E-state index contributed by atoms with van der Waals surface area (Å²) in [5.74, 6) is 0.723. The van der Waals surface area contributed by atoms with Crippen molar-refractivity contribution in [3.8, 4) is 5.75 Å². The number of ether oxygens (including phenoxy) is 1. The number of fused-ring (bicyclic) bond motifs is 1. The first kappa shape index (κ1) is 11.7. The van der Waals surface area contributed by atoms with Crippen LogP contribution in [0.1, 0.15) is 12.5 Å². The molecule has 19 heavy (non-hydrogen) atoms. The highest BCUT2D eigenvalue weighted by atomic mass is 16.5. The van der Waals surface area contributed by atoms with E-state index in [1.807, 2.05) is 36.4 Å². The van der Waals surface area contributed by atoms with Gasteiger partial charge in [-0.15, -0.1) is 0 Å². The number of aromatic nitrogens is 1. The van der Waals surface area contributed by atoms with Gasteiger partial charge in [-0.2, -0.15) is 0 Å². The summed E-state index contributed by atoms with van der Waals surface area (Å²) in [4.78, 5) is 18.1. The van der Waals surface area contributed by atoms with E-state index in [-0.39, 0.29) is 5.91 Å². The Labute approximate surface area is 111 Å². The van der Waals surface area contributed by atoms with E-state index in [9.17, 15) is 4.79 Å². The molecule has 1 aromatic carbocycles. The lowest BCUT2D eigenvalue weighted by Crippen LogP contribution is -2.43. The van der Waals surface area contributed by atoms with Gasteiger partial charge in [0.2, 0.25) is 0 Å². The zero-order valence-corrected chi connectivity index (χ0v) is 10.6. The number of hydrogen-bond donors (Lipinski definition) is 0. The molecule has 1 aliphatic rings. The minimum absolute atomic E-state index is 0.0254. The Bertz CT molecular complexity index is 598. The Hall–Kier alpha value is -2.36. The van der Waals surface area contributed by atoms with E-state index in [2.05, 4.69) is 4.98 Å². The quantitative estimate of drug-likeness (QED) is 0.826. The second kappa shape index (κ2) is 4.72. The molecule has 0 saturated carbocycles. The molecular weight excluding hydrogens is 240 g/mol. The van der Waals surface area contributed by atoms with Crippen LogP contribution in [-0.2, 0) is 11.3 Å². The molecule has 0 aliphatic carbocycles. The van der Waals surface area contributed by atoms with Crippen LogP contribution in [0.15, 0.2) is 48.8 Å².